The van der Waals surface area contributed by atoms with E-state index in [0.717, 1.165) is 16.1 Å². The molecule has 28 heavy (non-hydrogen) atoms. The van der Waals surface area contributed by atoms with Crippen LogP contribution in [-0.2, 0) is 0 Å². The molecule has 0 radical (unpaired) electrons. The molecule has 0 aliphatic heterocycles. The number of thiol groups is 1. The minimum atomic E-state index is -0.176. The minimum Gasteiger partial charge on any atom is -0.312 e. The van der Waals surface area contributed by atoms with Gasteiger partial charge in [-0.25, -0.2) is 4.98 Å². The second kappa shape index (κ2) is 8.13. The molecule has 0 saturated heterocycles. The number of rotatable bonds is 5. The molecule has 0 aliphatic carbocycles. The maximum Gasteiger partial charge on any atom is 0.256 e. The highest BCUT2D eigenvalue weighted by Crippen LogP contribution is 2.33. The van der Waals surface area contributed by atoms with Crippen LogP contribution >= 0.6 is 35.7 Å². The van der Waals surface area contributed by atoms with Crippen LogP contribution in [0.2, 0.25) is 0 Å². The molecule has 1 amide bonds. The first-order valence-electron chi connectivity index (χ1n) is 8.18. The lowest BCUT2D eigenvalue weighted by Gasteiger charge is -2.06. The highest BCUT2D eigenvalue weighted by Gasteiger charge is 2.15. The second-order valence-corrected chi connectivity index (χ2v) is 8.50. The SMILES string of the molecule is Cc1ccc(-n2nnnc2Sc2ncc(NC(=O)c3ccccc3)s2)c(S)c1. The van der Waals surface area contributed by atoms with E-state index in [1.165, 1.54) is 23.1 Å². The van der Waals surface area contributed by atoms with Crippen LogP contribution in [0.4, 0.5) is 5.00 Å². The summed E-state index contributed by atoms with van der Waals surface area (Å²) in [5, 5.41) is 16.0. The quantitative estimate of drug-likeness (QED) is 0.467. The third-order valence-electron chi connectivity index (χ3n) is 3.74. The Labute approximate surface area is 174 Å². The standard InChI is InChI=1S/C18H14N6OS3/c1-11-7-8-13(14(26)9-11)24-17(21-22-23-24)28-18-19-10-15(27-18)20-16(25)12-5-3-2-4-6-12/h2-10,26H,1H3,(H,20,25). The van der Waals surface area contributed by atoms with Crippen LogP contribution in [0.15, 0.2) is 69.1 Å². The van der Waals surface area contributed by atoms with Crippen LogP contribution in [0.1, 0.15) is 15.9 Å². The molecule has 2 aromatic carbocycles. The van der Waals surface area contributed by atoms with Crippen LogP contribution in [0.5, 0.6) is 0 Å². The highest BCUT2D eigenvalue weighted by atomic mass is 32.2. The number of nitrogens with one attached hydrogen (secondary N) is 1. The van der Waals surface area contributed by atoms with Gasteiger partial charge in [0.25, 0.3) is 5.91 Å². The molecule has 0 unspecified atom stereocenters. The number of tetrazole rings is 1. The van der Waals surface area contributed by atoms with Gasteiger partial charge in [0.1, 0.15) is 5.00 Å². The van der Waals surface area contributed by atoms with E-state index in [4.69, 9.17) is 0 Å². The molecule has 0 aliphatic rings. The van der Waals surface area contributed by atoms with Crippen molar-refractivity contribution in [3.63, 3.8) is 0 Å². The van der Waals surface area contributed by atoms with Crippen molar-refractivity contribution in [3.05, 3.63) is 65.9 Å². The number of benzene rings is 2. The zero-order valence-corrected chi connectivity index (χ0v) is 17.1. The number of thiazole rings is 1. The van der Waals surface area contributed by atoms with Gasteiger partial charge in [0.2, 0.25) is 5.16 Å². The van der Waals surface area contributed by atoms with Crippen LogP contribution in [0, 0.1) is 6.92 Å². The van der Waals surface area contributed by atoms with E-state index in [1.807, 2.05) is 43.3 Å². The van der Waals surface area contributed by atoms with Crippen molar-refractivity contribution in [2.45, 2.75) is 21.3 Å². The van der Waals surface area contributed by atoms with Gasteiger partial charge in [-0.05, 0) is 58.9 Å². The maximum atomic E-state index is 12.3. The lowest BCUT2D eigenvalue weighted by atomic mass is 10.2. The lowest BCUT2D eigenvalue weighted by Crippen LogP contribution is -2.10. The number of carbonyl (C=O) groups is 1. The van der Waals surface area contributed by atoms with Gasteiger partial charge in [-0.1, -0.05) is 35.6 Å². The fourth-order valence-electron chi connectivity index (χ4n) is 2.42. The molecule has 0 spiro atoms. The Morgan fingerprint density at radius 1 is 1.21 bits per heavy atom. The zero-order chi connectivity index (χ0) is 19.5. The van der Waals surface area contributed by atoms with Gasteiger partial charge in [-0.3, -0.25) is 4.79 Å². The molecular weight excluding hydrogens is 412 g/mol. The Kier molecular flexibility index (Phi) is 5.42. The van der Waals surface area contributed by atoms with E-state index in [1.54, 1.807) is 23.0 Å². The van der Waals surface area contributed by atoms with E-state index < -0.39 is 0 Å². The van der Waals surface area contributed by atoms with Crippen molar-refractivity contribution in [2.24, 2.45) is 0 Å². The van der Waals surface area contributed by atoms with Crippen LogP contribution in [-0.4, -0.2) is 31.1 Å². The summed E-state index contributed by atoms with van der Waals surface area (Å²) < 4.78 is 2.34. The molecule has 140 valence electrons. The van der Waals surface area contributed by atoms with Crippen molar-refractivity contribution < 1.29 is 4.79 Å². The Bertz CT molecular complexity index is 1130. The predicted molar refractivity (Wildman–Crippen MR) is 112 cm³/mol. The van der Waals surface area contributed by atoms with Crippen molar-refractivity contribution in [3.8, 4) is 5.69 Å². The molecule has 0 atom stereocenters. The van der Waals surface area contributed by atoms with Crippen molar-refractivity contribution in [1.29, 1.82) is 0 Å². The zero-order valence-electron chi connectivity index (χ0n) is 14.6. The van der Waals surface area contributed by atoms with Crippen LogP contribution < -0.4 is 5.32 Å². The minimum absolute atomic E-state index is 0.176. The van der Waals surface area contributed by atoms with Gasteiger partial charge in [-0.2, -0.15) is 4.68 Å². The number of hydrogen-bond donors (Lipinski definition) is 2. The average Bonchev–Trinajstić information content (AvgIpc) is 3.32. The average molecular weight is 427 g/mol. The smallest absolute Gasteiger partial charge is 0.256 e. The first-order valence-corrected chi connectivity index (χ1v) is 10.3. The lowest BCUT2D eigenvalue weighted by molar-refractivity contribution is 0.102. The normalized spacial score (nSPS) is 10.8. The first kappa shape index (κ1) is 18.7. The molecule has 0 bridgehead atoms. The van der Waals surface area contributed by atoms with E-state index in [9.17, 15) is 4.79 Å². The fraction of sp³-hybridized carbons (Fsp3) is 0.0556. The Morgan fingerprint density at radius 2 is 2.04 bits per heavy atom. The third kappa shape index (κ3) is 4.08. The number of nitrogens with zero attached hydrogens (tertiary/aromatic N) is 5. The Morgan fingerprint density at radius 3 is 2.82 bits per heavy atom. The van der Waals surface area contributed by atoms with Gasteiger partial charge < -0.3 is 5.32 Å². The third-order valence-corrected chi connectivity index (χ3v) is 6.02. The molecular formula is C18H14N6OS3. The Hall–Kier alpha value is -2.69. The molecule has 2 aromatic heterocycles. The maximum absolute atomic E-state index is 12.3. The molecule has 0 fully saturated rings. The highest BCUT2D eigenvalue weighted by molar-refractivity contribution is 8.01. The number of aryl methyl sites for hydroxylation is 1. The summed E-state index contributed by atoms with van der Waals surface area (Å²) in [6.07, 6.45) is 1.62. The molecule has 1 N–H and O–H groups in total. The van der Waals surface area contributed by atoms with Gasteiger partial charge in [0.05, 0.1) is 11.9 Å². The monoisotopic (exact) mass is 426 g/mol. The first-order chi connectivity index (χ1) is 13.6. The fourth-order valence-corrected chi connectivity index (χ4v) is 4.56. The Balaban J connectivity index is 1.51. The van der Waals surface area contributed by atoms with Crippen LogP contribution in [0.25, 0.3) is 5.69 Å². The van der Waals surface area contributed by atoms with E-state index >= 15 is 0 Å². The molecule has 4 rings (SSSR count). The van der Waals surface area contributed by atoms with Crippen LogP contribution in [0.3, 0.4) is 0 Å². The van der Waals surface area contributed by atoms with Gasteiger partial charge in [0, 0.05) is 10.5 Å². The van der Waals surface area contributed by atoms with E-state index in [0.29, 0.717) is 20.1 Å². The topological polar surface area (TPSA) is 85.6 Å². The summed E-state index contributed by atoms with van der Waals surface area (Å²) in [5.74, 6) is -0.176. The summed E-state index contributed by atoms with van der Waals surface area (Å²) in [4.78, 5) is 17.4. The van der Waals surface area contributed by atoms with E-state index in [2.05, 4.69) is 38.5 Å². The summed E-state index contributed by atoms with van der Waals surface area (Å²) >= 11 is 7.20. The second-order valence-electron chi connectivity index (χ2n) is 5.78. The largest absolute Gasteiger partial charge is 0.312 e. The van der Waals surface area contributed by atoms with Gasteiger partial charge in [0.15, 0.2) is 4.34 Å². The summed E-state index contributed by atoms with van der Waals surface area (Å²) in [7, 11) is 0. The number of carbonyl (C=O) groups excluding carboxylic acids is 1. The number of aromatic nitrogens is 5. The molecule has 7 nitrogen and oxygen atoms in total. The summed E-state index contributed by atoms with van der Waals surface area (Å²) in [5.41, 5.74) is 2.49. The molecule has 2 heterocycles. The molecule has 4 aromatic rings. The number of anilines is 1. The number of hydrogen-bond acceptors (Lipinski definition) is 8. The van der Waals surface area contributed by atoms with Gasteiger partial charge in [-0.15, -0.1) is 17.7 Å². The van der Waals surface area contributed by atoms with Gasteiger partial charge >= 0.3 is 0 Å². The number of amides is 1. The summed E-state index contributed by atoms with van der Waals surface area (Å²) in [6.45, 7) is 2.00. The van der Waals surface area contributed by atoms with E-state index in [-0.39, 0.29) is 5.91 Å². The molecule has 10 heteroatoms. The van der Waals surface area contributed by atoms with Crippen molar-refractivity contribution in [2.75, 3.05) is 5.32 Å². The predicted octanol–water partition coefficient (Wildman–Crippen LogP) is 4.12. The summed E-state index contributed by atoms with van der Waals surface area (Å²) in [6, 6.07) is 14.9. The van der Waals surface area contributed by atoms with Crippen molar-refractivity contribution in [1.82, 2.24) is 25.2 Å². The molecule has 0 saturated carbocycles. The van der Waals surface area contributed by atoms with Crippen molar-refractivity contribution >= 4 is 46.6 Å².